The van der Waals surface area contributed by atoms with Crippen LogP contribution in [0.5, 0.6) is 0 Å². The topological polar surface area (TPSA) is 55.4 Å². The van der Waals surface area contributed by atoms with E-state index in [9.17, 15) is 9.59 Å². The maximum atomic E-state index is 12.7. The molecule has 0 aliphatic rings. The maximum absolute atomic E-state index is 12.7. The summed E-state index contributed by atoms with van der Waals surface area (Å²) in [5.41, 5.74) is 1.23. The summed E-state index contributed by atoms with van der Waals surface area (Å²) in [6, 6.07) is 15.3. The van der Waals surface area contributed by atoms with Gasteiger partial charge in [-0.1, -0.05) is 58.4 Å². The van der Waals surface area contributed by atoms with Crippen LogP contribution < -0.4 is 5.32 Å². The van der Waals surface area contributed by atoms with Crippen molar-refractivity contribution in [3.63, 3.8) is 0 Å². The zero-order valence-corrected chi connectivity index (χ0v) is 13.7. The molecule has 1 amide bonds. The van der Waals surface area contributed by atoms with Crippen molar-refractivity contribution in [3.05, 3.63) is 70.2 Å². The summed E-state index contributed by atoms with van der Waals surface area (Å²) >= 11 is 3.34. The summed E-state index contributed by atoms with van der Waals surface area (Å²) in [7, 11) is 0. The molecule has 1 N–H and O–H groups in total. The molecule has 0 spiro atoms. The Morgan fingerprint density at radius 1 is 1.09 bits per heavy atom. The van der Waals surface area contributed by atoms with Crippen molar-refractivity contribution in [2.45, 2.75) is 13.0 Å². The molecule has 2 aromatic carbocycles. The first-order valence-corrected chi connectivity index (χ1v) is 7.69. The number of ether oxygens (including phenoxy) is 1. The molecule has 0 aliphatic heterocycles. The van der Waals surface area contributed by atoms with Crippen molar-refractivity contribution in [2.75, 3.05) is 6.61 Å². The second kappa shape index (κ2) is 7.75. The standard InChI is InChI=1S/C17H16BrNO3/c1-2-22-17(21)19-15(12-6-4-3-5-7-12)16(20)13-8-10-14(18)11-9-13/h3-11,15H,2H2,1H3,(H,19,21). The number of hydrogen-bond donors (Lipinski definition) is 1. The van der Waals surface area contributed by atoms with Crippen LogP contribution in [0.4, 0.5) is 4.79 Å². The van der Waals surface area contributed by atoms with Crippen molar-refractivity contribution in [3.8, 4) is 0 Å². The Labute approximate surface area is 137 Å². The fraction of sp³-hybridized carbons (Fsp3) is 0.176. The number of alkyl carbamates (subject to hydrolysis) is 1. The molecule has 0 bridgehead atoms. The van der Waals surface area contributed by atoms with Gasteiger partial charge in [0, 0.05) is 10.0 Å². The number of halogens is 1. The van der Waals surface area contributed by atoms with E-state index in [1.165, 1.54) is 0 Å². The van der Waals surface area contributed by atoms with Gasteiger partial charge < -0.3 is 10.1 Å². The Balaban J connectivity index is 2.29. The van der Waals surface area contributed by atoms with Gasteiger partial charge in [0.05, 0.1) is 6.61 Å². The number of Topliss-reactive ketones (excluding diaryl/α,β-unsaturated/α-hetero) is 1. The molecule has 0 fully saturated rings. The van der Waals surface area contributed by atoms with Crippen LogP contribution in [-0.2, 0) is 4.74 Å². The van der Waals surface area contributed by atoms with Crippen LogP contribution in [0.2, 0.25) is 0 Å². The third kappa shape index (κ3) is 4.18. The van der Waals surface area contributed by atoms with Gasteiger partial charge in [-0.05, 0) is 24.6 Å². The molecule has 0 aliphatic carbocycles. The molecular weight excluding hydrogens is 346 g/mol. The first kappa shape index (κ1) is 16.2. The molecule has 0 aromatic heterocycles. The van der Waals surface area contributed by atoms with Crippen molar-refractivity contribution >= 4 is 27.8 Å². The second-order valence-electron chi connectivity index (χ2n) is 4.58. The average Bonchev–Trinajstić information content (AvgIpc) is 2.54. The van der Waals surface area contributed by atoms with Crippen LogP contribution in [0.25, 0.3) is 0 Å². The van der Waals surface area contributed by atoms with Gasteiger partial charge in [0.15, 0.2) is 5.78 Å². The van der Waals surface area contributed by atoms with Gasteiger partial charge in [0.2, 0.25) is 0 Å². The number of ketones is 1. The van der Waals surface area contributed by atoms with Crippen molar-refractivity contribution < 1.29 is 14.3 Å². The van der Waals surface area contributed by atoms with E-state index in [1.807, 2.05) is 18.2 Å². The highest BCUT2D eigenvalue weighted by Gasteiger charge is 2.24. The highest BCUT2D eigenvalue weighted by Crippen LogP contribution is 2.20. The first-order valence-electron chi connectivity index (χ1n) is 6.90. The molecule has 114 valence electrons. The molecule has 4 nitrogen and oxygen atoms in total. The molecule has 2 rings (SSSR count). The Hall–Kier alpha value is -2.14. The van der Waals surface area contributed by atoms with Gasteiger partial charge in [-0.15, -0.1) is 0 Å². The third-order valence-corrected chi connectivity index (χ3v) is 3.59. The highest BCUT2D eigenvalue weighted by atomic mass is 79.9. The monoisotopic (exact) mass is 361 g/mol. The Bertz CT molecular complexity index is 641. The predicted octanol–water partition coefficient (Wildman–Crippen LogP) is 4.12. The van der Waals surface area contributed by atoms with Gasteiger partial charge in [-0.2, -0.15) is 0 Å². The quantitative estimate of drug-likeness (QED) is 0.814. The van der Waals surface area contributed by atoms with E-state index >= 15 is 0 Å². The fourth-order valence-corrected chi connectivity index (χ4v) is 2.28. The number of carbonyl (C=O) groups is 2. The van der Waals surface area contributed by atoms with E-state index < -0.39 is 12.1 Å². The number of rotatable bonds is 5. The summed E-state index contributed by atoms with van der Waals surface area (Å²) in [6.07, 6.45) is -0.609. The van der Waals surface area contributed by atoms with Crippen molar-refractivity contribution in [1.82, 2.24) is 5.32 Å². The number of carbonyl (C=O) groups excluding carboxylic acids is 2. The number of amides is 1. The van der Waals surface area contributed by atoms with Crippen LogP contribution in [0.1, 0.15) is 28.9 Å². The normalized spacial score (nSPS) is 11.5. The SMILES string of the molecule is CCOC(=O)NC(C(=O)c1ccc(Br)cc1)c1ccccc1. The number of hydrogen-bond acceptors (Lipinski definition) is 3. The van der Waals surface area contributed by atoms with Crippen LogP contribution in [0, 0.1) is 0 Å². The minimum atomic E-state index is -0.776. The molecular formula is C17H16BrNO3. The van der Waals surface area contributed by atoms with Crippen LogP contribution in [0.15, 0.2) is 59.1 Å². The Morgan fingerprint density at radius 2 is 1.73 bits per heavy atom. The summed E-state index contributed by atoms with van der Waals surface area (Å²) in [5.74, 6) is -0.188. The average molecular weight is 362 g/mol. The van der Waals surface area contributed by atoms with E-state index in [0.29, 0.717) is 11.1 Å². The first-order chi connectivity index (χ1) is 10.6. The number of benzene rings is 2. The van der Waals surface area contributed by atoms with Crippen molar-refractivity contribution in [1.29, 1.82) is 0 Å². The van der Waals surface area contributed by atoms with E-state index in [-0.39, 0.29) is 12.4 Å². The summed E-state index contributed by atoms with van der Waals surface area (Å²) < 4.78 is 5.78. The lowest BCUT2D eigenvalue weighted by Gasteiger charge is -2.18. The molecule has 5 heteroatoms. The van der Waals surface area contributed by atoms with E-state index in [1.54, 1.807) is 43.3 Å². The van der Waals surface area contributed by atoms with Gasteiger partial charge in [-0.3, -0.25) is 4.79 Å². The largest absolute Gasteiger partial charge is 0.450 e. The zero-order chi connectivity index (χ0) is 15.9. The lowest BCUT2D eigenvalue weighted by atomic mass is 9.97. The van der Waals surface area contributed by atoms with E-state index in [2.05, 4.69) is 21.2 Å². The lowest BCUT2D eigenvalue weighted by molar-refractivity contribution is 0.0924. The molecule has 22 heavy (non-hydrogen) atoms. The smallest absolute Gasteiger partial charge is 0.407 e. The van der Waals surface area contributed by atoms with E-state index in [0.717, 1.165) is 4.47 Å². The molecule has 0 saturated carbocycles. The van der Waals surface area contributed by atoms with Gasteiger partial charge >= 0.3 is 6.09 Å². The van der Waals surface area contributed by atoms with Gasteiger partial charge in [0.1, 0.15) is 6.04 Å². The highest BCUT2D eigenvalue weighted by molar-refractivity contribution is 9.10. The number of nitrogens with one attached hydrogen (secondary N) is 1. The van der Waals surface area contributed by atoms with Crippen LogP contribution >= 0.6 is 15.9 Å². The summed E-state index contributed by atoms with van der Waals surface area (Å²) in [4.78, 5) is 24.4. The molecule has 0 saturated heterocycles. The van der Waals surface area contributed by atoms with E-state index in [4.69, 9.17) is 4.74 Å². The van der Waals surface area contributed by atoms with Gasteiger partial charge in [0.25, 0.3) is 0 Å². The minimum Gasteiger partial charge on any atom is -0.450 e. The predicted molar refractivity (Wildman–Crippen MR) is 87.8 cm³/mol. The van der Waals surface area contributed by atoms with Crippen molar-refractivity contribution in [2.24, 2.45) is 0 Å². The van der Waals surface area contributed by atoms with Gasteiger partial charge in [-0.25, -0.2) is 4.79 Å². The molecule has 0 radical (unpaired) electrons. The Morgan fingerprint density at radius 3 is 2.32 bits per heavy atom. The van der Waals surface area contributed by atoms with Crippen LogP contribution in [0.3, 0.4) is 0 Å². The zero-order valence-electron chi connectivity index (χ0n) is 12.1. The van der Waals surface area contributed by atoms with Crippen LogP contribution in [-0.4, -0.2) is 18.5 Å². The minimum absolute atomic E-state index is 0.188. The Kier molecular flexibility index (Phi) is 5.72. The maximum Gasteiger partial charge on any atom is 0.407 e. The lowest BCUT2D eigenvalue weighted by Crippen LogP contribution is -2.34. The summed E-state index contributed by atoms with van der Waals surface area (Å²) in [6.45, 7) is 1.97. The summed E-state index contributed by atoms with van der Waals surface area (Å²) in [5, 5.41) is 2.62. The third-order valence-electron chi connectivity index (χ3n) is 3.06. The fourth-order valence-electron chi connectivity index (χ4n) is 2.02. The molecule has 1 unspecified atom stereocenters. The second-order valence-corrected chi connectivity index (χ2v) is 5.50. The molecule has 0 heterocycles. The molecule has 1 atom stereocenters. The molecule has 2 aromatic rings.